The summed E-state index contributed by atoms with van der Waals surface area (Å²) in [6, 6.07) is 6.07. The lowest BCUT2D eigenvalue weighted by Crippen LogP contribution is -2.12. The summed E-state index contributed by atoms with van der Waals surface area (Å²) in [6.45, 7) is 6.09. The highest BCUT2D eigenvalue weighted by molar-refractivity contribution is 7.18. The number of fused-ring (bicyclic) bond motifs is 1. The van der Waals surface area contributed by atoms with E-state index >= 15 is 0 Å². The van der Waals surface area contributed by atoms with Crippen molar-refractivity contribution in [3.8, 4) is 0 Å². The molecule has 1 heterocycles. The Morgan fingerprint density at radius 3 is 2.94 bits per heavy atom. The quantitative estimate of drug-likeness (QED) is 0.784. The van der Waals surface area contributed by atoms with Crippen LogP contribution < -0.4 is 0 Å². The second kappa shape index (κ2) is 4.84. The highest BCUT2D eigenvalue weighted by atomic mass is 32.1. The Morgan fingerprint density at radius 1 is 1.53 bits per heavy atom. The van der Waals surface area contributed by atoms with E-state index in [0.717, 1.165) is 20.8 Å². The monoisotopic (exact) mass is 249 g/mol. The number of thiazole rings is 1. The summed E-state index contributed by atoms with van der Waals surface area (Å²) in [5, 5.41) is 0.827. The number of benzene rings is 1. The molecule has 0 aliphatic rings. The van der Waals surface area contributed by atoms with Gasteiger partial charge in [-0.3, -0.25) is 4.79 Å². The molecule has 17 heavy (non-hydrogen) atoms. The SMILES string of the molecule is CCOC(=O)C(C)c1nc2c(C)cccc2s1. The predicted molar refractivity (Wildman–Crippen MR) is 69.4 cm³/mol. The minimum Gasteiger partial charge on any atom is -0.465 e. The van der Waals surface area contributed by atoms with E-state index in [9.17, 15) is 4.79 Å². The van der Waals surface area contributed by atoms with Crippen LogP contribution in [-0.2, 0) is 9.53 Å². The van der Waals surface area contributed by atoms with Crippen molar-refractivity contribution in [2.75, 3.05) is 6.61 Å². The fourth-order valence-corrected chi connectivity index (χ4v) is 2.74. The zero-order chi connectivity index (χ0) is 12.4. The summed E-state index contributed by atoms with van der Waals surface area (Å²) in [6.07, 6.45) is 0. The lowest BCUT2D eigenvalue weighted by atomic mass is 10.2. The van der Waals surface area contributed by atoms with Crippen molar-refractivity contribution in [1.29, 1.82) is 0 Å². The summed E-state index contributed by atoms with van der Waals surface area (Å²) in [5.74, 6) is -0.490. The highest BCUT2D eigenvalue weighted by Gasteiger charge is 2.20. The smallest absolute Gasteiger partial charge is 0.315 e. The zero-order valence-corrected chi connectivity index (χ0v) is 11.0. The lowest BCUT2D eigenvalue weighted by molar-refractivity contribution is -0.144. The van der Waals surface area contributed by atoms with E-state index in [1.807, 2.05) is 39.0 Å². The van der Waals surface area contributed by atoms with E-state index in [1.165, 1.54) is 0 Å². The number of carbonyl (C=O) groups is 1. The van der Waals surface area contributed by atoms with E-state index in [2.05, 4.69) is 4.98 Å². The second-order valence-electron chi connectivity index (χ2n) is 3.95. The van der Waals surface area contributed by atoms with E-state index < -0.39 is 0 Å². The van der Waals surface area contributed by atoms with Crippen molar-refractivity contribution in [2.24, 2.45) is 0 Å². The van der Waals surface area contributed by atoms with Gasteiger partial charge in [0, 0.05) is 0 Å². The van der Waals surface area contributed by atoms with Gasteiger partial charge in [-0.1, -0.05) is 12.1 Å². The number of hydrogen-bond acceptors (Lipinski definition) is 4. The largest absolute Gasteiger partial charge is 0.465 e. The third-order valence-corrected chi connectivity index (χ3v) is 3.85. The molecule has 0 bridgehead atoms. The first-order valence-electron chi connectivity index (χ1n) is 5.66. The molecule has 2 aromatic rings. The van der Waals surface area contributed by atoms with Crippen LogP contribution in [-0.4, -0.2) is 17.6 Å². The third kappa shape index (κ3) is 2.31. The normalized spacial score (nSPS) is 12.6. The molecule has 1 atom stereocenters. The molecule has 0 amide bonds. The molecule has 0 saturated heterocycles. The first-order valence-corrected chi connectivity index (χ1v) is 6.47. The fourth-order valence-electron chi connectivity index (χ4n) is 1.66. The second-order valence-corrected chi connectivity index (χ2v) is 5.01. The van der Waals surface area contributed by atoms with Gasteiger partial charge in [-0.2, -0.15) is 0 Å². The molecule has 1 unspecified atom stereocenters. The highest BCUT2D eigenvalue weighted by Crippen LogP contribution is 2.29. The molecule has 1 aromatic carbocycles. The van der Waals surface area contributed by atoms with Gasteiger partial charge in [0.25, 0.3) is 0 Å². The Bertz CT molecular complexity index is 547. The standard InChI is InChI=1S/C13H15NO2S/c1-4-16-13(15)9(3)12-14-11-8(2)6-5-7-10(11)17-12/h5-7,9H,4H2,1-3H3. The Kier molecular flexibility index (Phi) is 3.43. The number of nitrogens with zero attached hydrogens (tertiary/aromatic N) is 1. The Morgan fingerprint density at radius 2 is 2.29 bits per heavy atom. The number of ether oxygens (including phenoxy) is 1. The molecule has 90 valence electrons. The average molecular weight is 249 g/mol. The van der Waals surface area contributed by atoms with Gasteiger partial charge >= 0.3 is 5.97 Å². The summed E-state index contributed by atoms with van der Waals surface area (Å²) in [4.78, 5) is 16.2. The van der Waals surface area contributed by atoms with Gasteiger partial charge in [0.15, 0.2) is 0 Å². The van der Waals surface area contributed by atoms with Gasteiger partial charge in [0.1, 0.15) is 10.9 Å². The van der Waals surface area contributed by atoms with Crippen LogP contribution in [0.25, 0.3) is 10.2 Å². The molecule has 0 aliphatic heterocycles. The van der Waals surface area contributed by atoms with Crippen LogP contribution in [0, 0.1) is 6.92 Å². The van der Waals surface area contributed by atoms with Crippen molar-refractivity contribution in [1.82, 2.24) is 4.98 Å². The van der Waals surface area contributed by atoms with Crippen molar-refractivity contribution in [2.45, 2.75) is 26.7 Å². The van der Waals surface area contributed by atoms with Crippen LogP contribution >= 0.6 is 11.3 Å². The first kappa shape index (κ1) is 12.0. The molecule has 3 nitrogen and oxygen atoms in total. The van der Waals surface area contributed by atoms with Gasteiger partial charge in [0.2, 0.25) is 0 Å². The summed E-state index contributed by atoms with van der Waals surface area (Å²) in [7, 11) is 0. The zero-order valence-electron chi connectivity index (χ0n) is 10.2. The molecule has 0 N–H and O–H groups in total. The van der Waals surface area contributed by atoms with Crippen LogP contribution in [0.3, 0.4) is 0 Å². The minimum atomic E-state index is -0.285. The predicted octanol–water partition coefficient (Wildman–Crippen LogP) is 3.27. The maximum absolute atomic E-state index is 11.6. The maximum atomic E-state index is 11.6. The topological polar surface area (TPSA) is 39.2 Å². The number of rotatable bonds is 3. The van der Waals surface area contributed by atoms with Gasteiger partial charge < -0.3 is 4.74 Å². The number of esters is 1. The van der Waals surface area contributed by atoms with Gasteiger partial charge in [0.05, 0.1) is 16.8 Å². The molecule has 0 fully saturated rings. The summed E-state index contributed by atoms with van der Waals surface area (Å²) < 4.78 is 6.13. The molecule has 0 radical (unpaired) electrons. The van der Waals surface area contributed by atoms with E-state index in [-0.39, 0.29) is 11.9 Å². The van der Waals surface area contributed by atoms with E-state index in [4.69, 9.17) is 4.74 Å². The summed E-state index contributed by atoms with van der Waals surface area (Å²) in [5.41, 5.74) is 2.13. The fraction of sp³-hybridized carbons (Fsp3) is 0.385. The first-order chi connectivity index (χ1) is 8.13. The Hall–Kier alpha value is -1.42. The number of aromatic nitrogens is 1. The van der Waals surface area contributed by atoms with Crippen LogP contribution in [0.1, 0.15) is 30.3 Å². The molecular formula is C13H15NO2S. The van der Waals surface area contributed by atoms with Crippen molar-refractivity contribution in [3.05, 3.63) is 28.8 Å². The number of carbonyl (C=O) groups excluding carboxylic acids is 1. The van der Waals surface area contributed by atoms with Crippen molar-refractivity contribution < 1.29 is 9.53 Å². The van der Waals surface area contributed by atoms with Gasteiger partial charge in [-0.25, -0.2) is 4.98 Å². The molecular weight excluding hydrogens is 234 g/mol. The van der Waals surface area contributed by atoms with E-state index in [1.54, 1.807) is 11.3 Å². The molecule has 4 heteroatoms. The van der Waals surface area contributed by atoms with Gasteiger partial charge in [-0.05, 0) is 32.4 Å². The summed E-state index contributed by atoms with van der Waals surface area (Å²) >= 11 is 1.56. The van der Waals surface area contributed by atoms with Crippen LogP contribution in [0.4, 0.5) is 0 Å². The van der Waals surface area contributed by atoms with Crippen molar-refractivity contribution in [3.63, 3.8) is 0 Å². The van der Waals surface area contributed by atoms with Gasteiger partial charge in [-0.15, -0.1) is 11.3 Å². The van der Waals surface area contributed by atoms with Crippen molar-refractivity contribution >= 4 is 27.5 Å². The molecule has 2 rings (SSSR count). The molecule has 1 aromatic heterocycles. The molecule has 0 saturated carbocycles. The van der Waals surface area contributed by atoms with E-state index in [0.29, 0.717) is 6.61 Å². The molecule has 0 spiro atoms. The third-order valence-electron chi connectivity index (χ3n) is 2.65. The Balaban J connectivity index is 2.36. The molecule has 0 aliphatic carbocycles. The number of aryl methyl sites for hydroxylation is 1. The maximum Gasteiger partial charge on any atom is 0.315 e. The van der Waals surface area contributed by atoms with Crippen LogP contribution in [0.2, 0.25) is 0 Å². The average Bonchev–Trinajstić information content (AvgIpc) is 2.73. The Labute approximate surface area is 104 Å². The lowest BCUT2D eigenvalue weighted by Gasteiger charge is -2.06. The number of hydrogen-bond donors (Lipinski definition) is 0. The van der Waals surface area contributed by atoms with Crippen LogP contribution in [0.15, 0.2) is 18.2 Å². The van der Waals surface area contributed by atoms with Crippen LogP contribution in [0.5, 0.6) is 0 Å². The minimum absolute atomic E-state index is 0.204. The number of para-hydroxylation sites is 1.